The van der Waals surface area contributed by atoms with Crippen LogP contribution >= 0.6 is 0 Å². The molecule has 4 heteroatoms. The number of nitrogens with zero attached hydrogens (tertiary/aromatic N) is 2. The maximum atomic E-state index is 12.6. The number of amides is 1. The number of aryl methyl sites for hydroxylation is 2. The van der Waals surface area contributed by atoms with Gasteiger partial charge < -0.3 is 9.64 Å². The highest BCUT2D eigenvalue weighted by Crippen LogP contribution is 2.31. The monoisotopic (exact) mass is 406 g/mol. The number of unbranched alkanes of at least 4 members (excludes halogenated alkanes) is 3. The van der Waals surface area contributed by atoms with Crippen LogP contribution in [0.15, 0.2) is 48.5 Å². The molecule has 1 amide bonds. The normalized spacial score (nSPS) is 17.2. The Morgan fingerprint density at radius 2 is 1.63 bits per heavy atom. The number of hydrogen-bond acceptors (Lipinski definition) is 3. The van der Waals surface area contributed by atoms with Gasteiger partial charge in [0.2, 0.25) is 5.91 Å². The largest absolute Gasteiger partial charge is 0.379 e. The topological polar surface area (TPSA) is 32.8 Å². The number of benzene rings is 2. The molecule has 2 aromatic carbocycles. The van der Waals surface area contributed by atoms with Crippen LogP contribution < -0.4 is 4.90 Å². The summed E-state index contributed by atoms with van der Waals surface area (Å²) < 4.78 is 5.41. The molecular formula is C26H34N2O2. The maximum absolute atomic E-state index is 12.6. The third-order valence-corrected chi connectivity index (χ3v) is 6.33. The van der Waals surface area contributed by atoms with Crippen molar-refractivity contribution in [3.63, 3.8) is 0 Å². The molecule has 0 saturated carbocycles. The van der Waals surface area contributed by atoms with Gasteiger partial charge in [0.15, 0.2) is 0 Å². The van der Waals surface area contributed by atoms with Gasteiger partial charge in [0.1, 0.15) is 0 Å². The van der Waals surface area contributed by atoms with Gasteiger partial charge in [-0.1, -0.05) is 55.3 Å². The first kappa shape index (κ1) is 21.1. The molecule has 1 fully saturated rings. The van der Waals surface area contributed by atoms with Crippen molar-refractivity contribution in [3.8, 4) is 0 Å². The summed E-state index contributed by atoms with van der Waals surface area (Å²) in [6.07, 6.45) is 7.63. The van der Waals surface area contributed by atoms with Crippen LogP contribution in [0.25, 0.3) is 0 Å². The molecule has 4 rings (SSSR count). The summed E-state index contributed by atoms with van der Waals surface area (Å²) in [4.78, 5) is 17.2. The van der Waals surface area contributed by atoms with Gasteiger partial charge >= 0.3 is 0 Å². The molecule has 1 saturated heterocycles. The van der Waals surface area contributed by atoms with E-state index in [0.717, 1.165) is 44.8 Å². The van der Waals surface area contributed by atoms with E-state index in [0.29, 0.717) is 13.0 Å². The van der Waals surface area contributed by atoms with E-state index in [1.807, 2.05) is 23.1 Å². The highest BCUT2D eigenvalue weighted by atomic mass is 16.5. The van der Waals surface area contributed by atoms with Gasteiger partial charge in [0.05, 0.1) is 19.8 Å². The van der Waals surface area contributed by atoms with Crippen molar-refractivity contribution in [2.45, 2.75) is 51.5 Å². The molecule has 0 N–H and O–H groups in total. The number of hydrogen-bond donors (Lipinski definition) is 0. The summed E-state index contributed by atoms with van der Waals surface area (Å²) in [5, 5.41) is 0. The van der Waals surface area contributed by atoms with E-state index in [1.54, 1.807) is 0 Å². The molecule has 2 heterocycles. The Kier molecular flexibility index (Phi) is 7.54. The van der Waals surface area contributed by atoms with E-state index in [-0.39, 0.29) is 5.91 Å². The van der Waals surface area contributed by atoms with E-state index >= 15 is 0 Å². The number of fused-ring (bicyclic) bond motifs is 1. The Balaban J connectivity index is 1.28. The summed E-state index contributed by atoms with van der Waals surface area (Å²) in [7, 11) is 0. The molecule has 2 aliphatic heterocycles. The molecule has 0 radical (unpaired) electrons. The van der Waals surface area contributed by atoms with E-state index in [1.165, 1.54) is 48.9 Å². The van der Waals surface area contributed by atoms with Crippen molar-refractivity contribution >= 4 is 11.6 Å². The van der Waals surface area contributed by atoms with Gasteiger partial charge in [0, 0.05) is 25.2 Å². The zero-order valence-electron chi connectivity index (χ0n) is 18.0. The zero-order valence-corrected chi connectivity index (χ0v) is 18.0. The summed E-state index contributed by atoms with van der Waals surface area (Å²) in [6.45, 7) is 5.83. The highest BCUT2D eigenvalue weighted by Gasteiger charge is 2.24. The third kappa shape index (κ3) is 5.71. The first-order valence-corrected chi connectivity index (χ1v) is 11.6. The molecular weight excluding hydrogens is 372 g/mol. The fourth-order valence-corrected chi connectivity index (χ4v) is 4.52. The second kappa shape index (κ2) is 10.7. The van der Waals surface area contributed by atoms with Crippen LogP contribution in [0.3, 0.4) is 0 Å². The molecule has 4 nitrogen and oxygen atoms in total. The molecule has 0 aliphatic carbocycles. The average Bonchev–Trinajstić information content (AvgIpc) is 2.79. The fraction of sp³-hybridized carbons (Fsp3) is 0.500. The number of ether oxygens (including phenoxy) is 1. The Morgan fingerprint density at radius 3 is 2.47 bits per heavy atom. The quantitative estimate of drug-likeness (QED) is 0.571. The number of anilines is 1. The maximum Gasteiger partial charge on any atom is 0.227 e. The van der Waals surface area contributed by atoms with E-state index in [9.17, 15) is 4.79 Å². The molecule has 2 aliphatic rings. The lowest BCUT2D eigenvalue weighted by atomic mass is 9.96. The number of carbonyl (C=O) groups excluding carboxylic acids is 1. The minimum Gasteiger partial charge on any atom is -0.379 e. The van der Waals surface area contributed by atoms with Crippen LogP contribution in [-0.2, 0) is 28.9 Å². The van der Waals surface area contributed by atoms with Crippen LogP contribution in [0.5, 0.6) is 0 Å². The predicted octanol–water partition coefficient (Wildman–Crippen LogP) is 4.60. The minimum atomic E-state index is 0.242. The van der Waals surface area contributed by atoms with Crippen molar-refractivity contribution in [1.82, 2.24) is 4.90 Å². The summed E-state index contributed by atoms with van der Waals surface area (Å²) in [5.74, 6) is 0.242. The Bertz CT molecular complexity index is 815. The average molecular weight is 407 g/mol. The SMILES string of the molecule is O=C1CCc2ccc(CCCCCCN3CCOCC3)cc2N1Cc1ccccc1. The van der Waals surface area contributed by atoms with Gasteiger partial charge in [-0.05, 0) is 55.0 Å². The molecule has 0 spiro atoms. The molecule has 0 aromatic heterocycles. The first-order valence-electron chi connectivity index (χ1n) is 11.6. The second-order valence-corrected chi connectivity index (χ2v) is 8.55. The van der Waals surface area contributed by atoms with Crippen molar-refractivity contribution in [2.75, 3.05) is 37.7 Å². The van der Waals surface area contributed by atoms with Crippen LogP contribution in [-0.4, -0.2) is 43.7 Å². The summed E-state index contributed by atoms with van der Waals surface area (Å²) in [6, 6.07) is 17.1. The molecule has 30 heavy (non-hydrogen) atoms. The molecule has 0 unspecified atom stereocenters. The minimum absolute atomic E-state index is 0.242. The number of carbonyl (C=O) groups is 1. The van der Waals surface area contributed by atoms with Gasteiger partial charge in [-0.15, -0.1) is 0 Å². The van der Waals surface area contributed by atoms with Crippen molar-refractivity contribution in [2.24, 2.45) is 0 Å². The zero-order chi connectivity index (χ0) is 20.6. The number of morpholine rings is 1. The third-order valence-electron chi connectivity index (χ3n) is 6.33. The lowest BCUT2D eigenvalue weighted by Crippen LogP contribution is -2.36. The standard InChI is InChI=1S/C26H34N2O2/c29-26-14-13-24-12-11-22(8-4-1-2-7-15-27-16-18-30-19-17-27)20-25(24)28(26)21-23-9-5-3-6-10-23/h3,5-6,9-12,20H,1-2,4,7-8,13-19,21H2. The van der Waals surface area contributed by atoms with E-state index in [4.69, 9.17) is 4.74 Å². The van der Waals surface area contributed by atoms with Crippen molar-refractivity contribution in [3.05, 3.63) is 65.2 Å². The summed E-state index contributed by atoms with van der Waals surface area (Å²) in [5.41, 5.74) is 4.97. The summed E-state index contributed by atoms with van der Waals surface area (Å²) >= 11 is 0. The van der Waals surface area contributed by atoms with Crippen LogP contribution in [0.2, 0.25) is 0 Å². The molecule has 160 valence electrons. The van der Waals surface area contributed by atoms with Gasteiger partial charge in [0.25, 0.3) is 0 Å². The Hall–Kier alpha value is -2.17. The smallest absolute Gasteiger partial charge is 0.227 e. The van der Waals surface area contributed by atoms with Crippen LogP contribution in [0, 0.1) is 0 Å². The number of rotatable bonds is 9. The lowest BCUT2D eigenvalue weighted by Gasteiger charge is -2.30. The molecule has 2 aromatic rings. The molecule has 0 bridgehead atoms. The van der Waals surface area contributed by atoms with Crippen LogP contribution in [0.4, 0.5) is 5.69 Å². The van der Waals surface area contributed by atoms with Gasteiger partial charge in [-0.2, -0.15) is 0 Å². The molecule has 0 atom stereocenters. The van der Waals surface area contributed by atoms with E-state index in [2.05, 4.69) is 35.2 Å². The van der Waals surface area contributed by atoms with Gasteiger partial charge in [-0.25, -0.2) is 0 Å². The lowest BCUT2D eigenvalue weighted by molar-refractivity contribution is -0.119. The van der Waals surface area contributed by atoms with Crippen molar-refractivity contribution in [1.29, 1.82) is 0 Å². The van der Waals surface area contributed by atoms with Crippen LogP contribution in [0.1, 0.15) is 48.8 Å². The Morgan fingerprint density at radius 1 is 0.833 bits per heavy atom. The predicted molar refractivity (Wildman–Crippen MR) is 122 cm³/mol. The fourth-order valence-electron chi connectivity index (χ4n) is 4.52. The van der Waals surface area contributed by atoms with E-state index < -0.39 is 0 Å². The first-order chi connectivity index (χ1) is 14.8. The second-order valence-electron chi connectivity index (χ2n) is 8.55. The Labute approximate surface area is 180 Å². The highest BCUT2D eigenvalue weighted by molar-refractivity contribution is 5.96. The van der Waals surface area contributed by atoms with Gasteiger partial charge in [-0.3, -0.25) is 9.69 Å². The van der Waals surface area contributed by atoms with Crippen molar-refractivity contribution < 1.29 is 9.53 Å².